The summed E-state index contributed by atoms with van der Waals surface area (Å²) in [5.74, 6) is 1.84. The number of nitrogens with zero attached hydrogens (tertiary/aromatic N) is 6. The van der Waals surface area contributed by atoms with E-state index in [0.717, 1.165) is 62.5 Å². The lowest BCUT2D eigenvalue weighted by Crippen LogP contribution is -2.43. The fourth-order valence-electron chi connectivity index (χ4n) is 4.31. The van der Waals surface area contributed by atoms with E-state index < -0.39 is 0 Å². The number of likely N-dealkylation sites (N-methyl/N-ethyl adjacent to an activating group) is 2. The number of carbonyl (C=O) groups excluding carboxylic acids is 2. The molecule has 3 rings (SSSR count). The van der Waals surface area contributed by atoms with Gasteiger partial charge in [0.15, 0.2) is 0 Å². The van der Waals surface area contributed by atoms with Crippen molar-refractivity contribution < 1.29 is 9.59 Å². The van der Waals surface area contributed by atoms with Gasteiger partial charge in [0, 0.05) is 46.5 Å². The monoisotopic (exact) mass is 402 g/mol. The Kier molecular flexibility index (Phi) is 6.72. The van der Waals surface area contributed by atoms with Crippen LogP contribution in [0, 0.1) is 0 Å². The molecule has 0 saturated carbocycles. The van der Waals surface area contributed by atoms with Gasteiger partial charge in [-0.25, -0.2) is 9.97 Å². The summed E-state index contributed by atoms with van der Waals surface area (Å²) in [6, 6.07) is 1.75. The SMILES string of the molecule is CCc1cc(N2CCC[C@H]2C(=O)N(C)C)nc(CN2CCC[C@@H]2C(=O)N(C)C)n1. The maximum absolute atomic E-state index is 12.6. The number of aromatic nitrogens is 2. The minimum Gasteiger partial charge on any atom is -0.347 e. The van der Waals surface area contributed by atoms with Crippen LogP contribution in [0.25, 0.3) is 0 Å². The van der Waals surface area contributed by atoms with Crippen molar-refractivity contribution in [2.45, 2.75) is 57.7 Å². The van der Waals surface area contributed by atoms with Crippen LogP contribution in [0.2, 0.25) is 0 Å². The zero-order valence-electron chi connectivity index (χ0n) is 18.4. The van der Waals surface area contributed by atoms with E-state index >= 15 is 0 Å². The van der Waals surface area contributed by atoms with Crippen LogP contribution in [0.3, 0.4) is 0 Å². The van der Waals surface area contributed by atoms with Gasteiger partial charge in [-0.1, -0.05) is 6.92 Å². The van der Waals surface area contributed by atoms with E-state index in [1.54, 1.807) is 38.0 Å². The highest BCUT2D eigenvalue weighted by Crippen LogP contribution is 2.27. The van der Waals surface area contributed by atoms with Gasteiger partial charge < -0.3 is 14.7 Å². The molecular weight excluding hydrogens is 368 g/mol. The van der Waals surface area contributed by atoms with Gasteiger partial charge in [-0.2, -0.15) is 0 Å². The van der Waals surface area contributed by atoms with Crippen LogP contribution in [-0.4, -0.2) is 89.8 Å². The number of likely N-dealkylation sites (tertiary alicyclic amines) is 1. The molecule has 2 atom stereocenters. The predicted molar refractivity (Wildman–Crippen MR) is 113 cm³/mol. The number of rotatable bonds is 6. The summed E-state index contributed by atoms with van der Waals surface area (Å²) in [4.78, 5) is 42.3. The van der Waals surface area contributed by atoms with E-state index in [1.807, 2.05) is 6.07 Å². The van der Waals surface area contributed by atoms with Crippen LogP contribution >= 0.6 is 0 Å². The average Bonchev–Trinajstić information content (AvgIpc) is 3.35. The third-order valence-electron chi connectivity index (χ3n) is 5.88. The standard InChI is InChI=1S/C21H34N6O2/c1-6-15-13-19(27-12-8-10-17(27)21(29)25(4)5)23-18(22-15)14-26-11-7-9-16(26)20(28)24(2)3/h13,16-17H,6-12,14H2,1-5H3/t16-,17+/m1/s1. The minimum atomic E-state index is -0.160. The number of carbonyl (C=O) groups is 2. The highest BCUT2D eigenvalue weighted by molar-refractivity contribution is 5.85. The number of aryl methyl sites for hydroxylation is 1. The fourth-order valence-corrected chi connectivity index (χ4v) is 4.31. The zero-order chi connectivity index (χ0) is 21.1. The number of anilines is 1. The van der Waals surface area contributed by atoms with Gasteiger partial charge in [-0.3, -0.25) is 14.5 Å². The van der Waals surface area contributed by atoms with E-state index in [2.05, 4.69) is 16.7 Å². The Balaban J connectivity index is 1.84. The first kappa shape index (κ1) is 21.5. The molecule has 0 radical (unpaired) electrons. The summed E-state index contributed by atoms with van der Waals surface area (Å²) in [6.07, 6.45) is 4.53. The molecule has 0 aromatic carbocycles. The molecule has 2 fully saturated rings. The van der Waals surface area contributed by atoms with Crippen molar-refractivity contribution in [1.29, 1.82) is 0 Å². The molecule has 8 nitrogen and oxygen atoms in total. The summed E-state index contributed by atoms with van der Waals surface area (Å²) >= 11 is 0. The van der Waals surface area contributed by atoms with Crippen LogP contribution in [0.15, 0.2) is 6.07 Å². The lowest BCUT2D eigenvalue weighted by atomic mass is 10.2. The molecule has 0 aliphatic carbocycles. The van der Waals surface area contributed by atoms with E-state index in [0.29, 0.717) is 6.54 Å². The fraction of sp³-hybridized carbons (Fsp3) is 0.714. The van der Waals surface area contributed by atoms with E-state index in [-0.39, 0.29) is 23.9 Å². The van der Waals surface area contributed by atoms with Gasteiger partial charge in [0.2, 0.25) is 11.8 Å². The van der Waals surface area contributed by atoms with Crippen molar-refractivity contribution >= 4 is 17.6 Å². The van der Waals surface area contributed by atoms with Gasteiger partial charge in [0.1, 0.15) is 17.7 Å². The van der Waals surface area contributed by atoms with Crippen molar-refractivity contribution in [2.75, 3.05) is 46.2 Å². The summed E-state index contributed by atoms with van der Waals surface area (Å²) in [5, 5.41) is 0. The van der Waals surface area contributed by atoms with Gasteiger partial charge >= 0.3 is 0 Å². The molecular formula is C21H34N6O2. The first-order valence-electron chi connectivity index (χ1n) is 10.6. The van der Waals surface area contributed by atoms with Crippen molar-refractivity contribution in [3.05, 3.63) is 17.6 Å². The third kappa shape index (κ3) is 4.69. The third-order valence-corrected chi connectivity index (χ3v) is 5.88. The maximum atomic E-state index is 12.6. The average molecular weight is 403 g/mol. The Morgan fingerprint density at radius 1 is 1.00 bits per heavy atom. The van der Waals surface area contributed by atoms with E-state index in [4.69, 9.17) is 9.97 Å². The van der Waals surface area contributed by atoms with Crippen LogP contribution in [0.5, 0.6) is 0 Å². The van der Waals surface area contributed by atoms with Gasteiger partial charge in [0.05, 0.1) is 12.6 Å². The molecule has 0 spiro atoms. The molecule has 1 aromatic heterocycles. The van der Waals surface area contributed by atoms with Crippen LogP contribution in [0.1, 0.15) is 44.1 Å². The summed E-state index contributed by atoms with van der Waals surface area (Å²) in [7, 11) is 7.22. The van der Waals surface area contributed by atoms with Crippen LogP contribution in [-0.2, 0) is 22.6 Å². The minimum absolute atomic E-state index is 0.0998. The second-order valence-electron chi connectivity index (χ2n) is 8.43. The van der Waals surface area contributed by atoms with Crippen molar-refractivity contribution in [3.63, 3.8) is 0 Å². The zero-order valence-corrected chi connectivity index (χ0v) is 18.4. The molecule has 0 unspecified atom stereocenters. The Hall–Kier alpha value is -2.22. The molecule has 2 aliphatic heterocycles. The topological polar surface area (TPSA) is 72.9 Å². The quantitative estimate of drug-likeness (QED) is 0.711. The normalized spacial score (nSPS) is 22.2. The van der Waals surface area contributed by atoms with Gasteiger partial charge in [0.25, 0.3) is 0 Å². The molecule has 8 heteroatoms. The van der Waals surface area contributed by atoms with Crippen LogP contribution in [0.4, 0.5) is 5.82 Å². The maximum Gasteiger partial charge on any atom is 0.244 e. The largest absolute Gasteiger partial charge is 0.347 e. The Morgan fingerprint density at radius 2 is 1.62 bits per heavy atom. The summed E-state index contributed by atoms with van der Waals surface area (Å²) in [5.41, 5.74) is 0.975. The Labute approximate surface area is 173 Å². The Bertz CT molecular complexity index is 751. The smallest absolute Gasteiger partial charge is 0.244 e. The van der Waals surface area contributed by atoms with Gasteiger partial charge in [-0.05, 0) is 38.6 Å². The molecule has 160 valence electrons. The number of amides is 2. The van der Waals surface area contributed by atoms with Crippen LogP contribution < -0.4 is 4.90 Å². The molecule has 0 bridgehead atoms. The van der Waals surface area contributed by atoms with Crippen molar-refractivity contribution in [1.82, 2.24) is 24.7 Å². The van der Waals surface area contributed by atoms with Gasteiger partial charge in [-0.15, -0.1) is 0 Å². The molecule has 2 amide bonds. The molecule has 29 heavy (non-hydrogen) atoms. The summed E-state index contributed by atoms with van der Waals surface area (Å²) in [6.45, 7) is 4.35. The second-order valence-corrected chi connectivity index (χ2v) is 8.43. The predicted octanol–water partition coefficient (Wildman–Crippen LogP) is 1.15. The number of hydrogen-bond acceptors (Lipinski definition) is 6. The highest BCUT2D eigenvalue weighted by Gasteiger charge is 2.34. The van der Waals surface area contributed by atoms with E-state index in [9.17, 15) is 9.59 Å². The van der Waals surface area contributed by atoms with E-state index in [1.165, 1.54) is 0 Å². The summed E-state index contributed by atoms with van der Waals surface area (Å²) < 4.78 is 0. The first-order valence-corrected chi connectivity index (χ1v) is 10.6. The molecule has 3 heterocycles. The first-order chi connectivity index (χ1) is 13.8. The Morgan fingerprint density at radius 3 is 2.28 bits per heavy atom. The lowest BCUT2D eigenvalue weighted by Gasteiger charge is -2.28. The van der Waals surface area contributed by atoms with Crippen molar-refractivity contribution in [3.8, 4) is 0 Å². The van der Waals surface area contributed by atoms with Crippen molar-refractivity contribution in [2.24, 2.45) is 0 Å². The molecule has 1 aromatic rings. The molecule has 0 N–H and O–H groups in total. The number of hydrogen-bond donors (Lipinski definition) is 0. The second kappa shape index (κ2) is 9.07. The lowest BCUT2D eigenvalue weighted by molar-refractivity contribution is -0.133. The highest BCUT2D eigenvalue weighted by atomic mass is 16.2. The molecule has 2 saturated heterocycles. The molecule has 2 aliphatic rings.